The van der Waals surface area contributed by atoms with E-state index in [1.807, 2.05) is 0 Å². The Balaban J connectivity index is 1.58. The van der Waals surface area contributed by atoms with Crippen LogP contribution in [0.15, 0.2) is 51.7 Å². The minimum Gasteiger partial charge on any atom is -0.296 e. The number of sulfonamides is 2. The molecule has 0 saturated heterocycles. The summed E-state index contributed by atoms with van der Waals surface area (Å²) in [5, 5.41) is 10.3. The van der Waals surface area contributed by atoms with Crippen LogP contribution in [0.2, 0.25) is 5.02 Å². The van der Waals surface area contributed by atoms with Crippen LogP contribution in [0.4, 0.5) is 10.8 Å². The van der Waals surface area contributed by atoms with Gasteiger partial charge in [0.05, 0.1) is 21.2 Å². The van der Waals surface area contributed by atoms with Gasteiger partial charge in [-0.3, -0.25) is 14.4 Å². The van der Waals surface area contributed by atoms with Gasteiger partial charge in [-0.25, -0.2) is 12.7 Å². The first-order valence-corrected chi connectivity index (χ1v) is 13.6. The highest BCUT2D eigenvalue weighted by molar-refractivity contribution is 7.94. The van der Waals surface area contributed by atoms with Crippen molar-refractivity contribution in [2.75, 3.05) is 30.3 Å². The fraction of sp³-hybridized carbons (Fsp3) is 0.211. The molecule has 0 atom stereocenters. The molecule has 10 nitrogen and oxygen atoms in total. The zero-order valence-corrected chi connectivity index (χ0v) is 20.6. The van der Waals surface area contributed by atoms with Gasteiger partial charge >= 0.3 is 0 Å². The number of carbonyl (C=O) groups excluding carboxylic acids is 1. The third-order valence-electron chi connectivity index (χ3n) is 4.94. The maximum absolute atomic E-state index is 13.2. The monoisotopic (exact) mass is 527 g/mol. The fourth-order valence-electron chi connectivity index (χ4n) is 3.24. The molecule has 0 bridgehead atoms. The first kappa shape index (κ1) is 23.6. The number of fused-ring (bicyclic) bond motifs is 1. The second-order valence-electron chi connectivity index (χ2n) is 7.21. The molecule has 0 aliphatic carbocycles. The largest absolute Gasteiger partial charge is 0.296 e. The Kier molecular flexibility index (Phi) is 6.18. The van der Waals surface area contributed by atoms with Crippen LogP contribution in [0, 0.1) is 0 Å². The molecule has 0 fully saturated rings. The number of benzene rings is 2. The Labute approximate surface area is 199 Å². The average Bonchev–Trinajstić information content (AvgIpc) is 3.41. The predicted octanol–water partition coefficient (Wildman–Crippen LogP) is 2.45. The van der Waals surface area contributed by atoms with Crippen LogP contribution in [0.5, 0.6) is 0 Å². The molecule has 0 saturated carbocycles. The van der Waals surface area contributed by atoms with Gasteiger partial charge in [0.25, 0.3) is 20.3 Å². The zero-order chi connectivity index (χ0) is 24.0. The summed E-state index contributed by atoms with van der Waals surface area (Å²) in [6, 6.07) is 10.7. The number of anilines is 2. The Morgan fingerprint density at radius 1 is 1.12 bits per heavy atom. The van der Waals surface area contributed by atoms with Crippen molar-refractivity contribution in [3.05, 3.63) is 58.6 Å². The van der Waals surface area contributed by atoms with E-state index in [0.29, 0.717) is 29.0 Å². The Morgan fingerprint density at radius 2 is 1.85 bits per heavy atom. The summed E-state index contributed by atoms with van der Waals surface area (Å²) in [6.07, 6.45) is 0.347. The van der Waals surface area contributed by atoms with Gasteiger partial charge in [-0.1, -0.05) is 35.1 Å². The van der Waals surface area contributed by atoms with Gasteiger partial charge in [0.15, 0.2) is 0 Å². The van der Waals surface area contributed by atoms with E-state index in [9.17, 15) is 21.6 Å². The Hall–Kier alpha value is -2.58. The molecule has 1 aliphatic heterocycles. The molecule has 2 heterocycles. The van der Waals surface area contributed by atoms with E-state index in [0.717, 1.165) is 8.61 Å². The van der Waals surface area contributed by atoms with Crippen LogP contribution in [-0.4, -0.2) is 57.9 Å². The van der Waals surface area contributed by atoms with Crippen LogP contribution >= 0.6 is 22.9 Å². The normalized spacial score (nSPS) is 13.9. The molecule has 2 aromatic carbocycles. The molecule has 1 amide bonds. The van der Waals surface area contributed by atoms with Gasteiger partial charge in [-0.15, -0.1) is 10.2 Å². The van der Waals surface area contributed by atoms with Gasteiger partial charge in [0, 0.05) is 20.6 Å². The smallest absolute Gasteiger partial charge is 0.293 e. The van der Waals surface area contributed by atoms with E-state index >= 15 is 0 Å². The Morgan fingerprint density at radius 3 is 2.55 bits per heavy atom. The summed E-state index contributed by atoms with van der Waals surface area (Å²) in [4.78, 5) is 12.5. The van der Waals surface area contributed by atoms with Crippen molar-refractivity contribution in [3.8, 4) is 0 Å². The quantitative estimate of drug-likeness (QED) is 0.487. The highest BCUT2D eigenvalue weighted by Crippen LogP contribution is 2.36. The van der Waals surface area contributed by atoms with Gasteiger partial charge in [0.2, 0.25) is 15.2 Å². The third-order valence-corrected chi connectivity index (χ3v) is 10.1. The number of hydrogen-bond acceptors (Lipinski definition) is 8. The van der Waals surface area contributed by atoms with Crippen molar-refractivity contribution in [3.63, 3.8) is 0 Å². The maximum atomic E-state index is 13.2. The second-order valence-corrected chi connectivity index (χ2v) is 12.8. The lowest BCUT2D eigenvalue weighted by Gasteiger charge is -2.18. The van der Waals surface area contributed by atoms with Crippen molar-refractivity contribution in [2.24, 2.45) is 0 Å². The van der Waals surface area contributed by atoms with Crippen molar-refractivity contribution < 1.29 is 21.6 Å². The zero-order valence-electron chi connectivity index (χ0n) is 17.4. The van der Waals surface area contributed by atoms with Crippen molar-refractivity contribution in [1.29, 1.82) is 0 Å². The molecule has 1 aromatic heterocycles. The van der Waals surface area contributed by atoms with E-state index in [1.165, 1.54) is 38.4 Å². The van der Waals surface area contributed by atoms with E-state index in [4.69, 9.17) is 11.6 Å². The van der Waals surface area contributed by atoms with Gasteiger partial charge < -0.3 is 0 Å². The third kappa shape index (κ3) is 4.34. The molecular weight excluding hydrogens is 510 g/mol. The number of rotatable bonds is 6. The first-order valence-electron chi connectivity index (χ1n) is 9.49. The second kappa shape index (κ2) is 8.65. The van der Waals surface area contributed by atoms with Crippen molar-refractivity contribution in [1.82, 2.24) is 14.5 Å². The highest BCUT2D eigenvalue weighted by Gasteiger charge is 2.35. The molecule has 174 valence electrons. The molecule has 0 radical (unpaired) electrons. The summed E-state index contributed by atoms with van der Waals surface area (Å²) < 4.78 is 53.1. The number of hydrogen-bond donors (Lipinski definition) is 1. The summed E-state index contributed by atoms with van der Waals surface area (Å²) >= 11 is 6.73. The van der Waals surface area contributed by atoms with Crippen molar-refractivity contribution in [2.45, 2.75) is 15.7 Å². The Bertz CT molecular complexity index is 1450. The SMILES string of the molecule is CN(C)S(=O)(=O)c1ccc2c(c1)CCN2S(=O)(=O)c1nnc(NC(=O)c2ccccc2Cl)s1. The average molecular weight is 528 g/mol. The van der Waals surface area contributed by atoms with Crippen LogP contribution < -0.4 is 9.62 Å². The summed E-state index contributed by atoms with van der Waals surface area (Å²) in [5.41, 5.74) is 1.19. The maximum Gasteiger partial charge on any atom is 0.293 e. The molecule has 0 unspecified atom stereocenters. The lowest BCUT2D eigenvalue weighted by atomic mass is 10.2. The molecule has 33 heavy (non-hydrogen) atoms. The van der Waals surface area contributed by atoms with Crippen LogP contribution in [0.1, 0.15) is 15.9 Å². The molecular formula is C19H18ClN5O5S3. The molecule has 0 spiro atoms. The number of halogens is 1. The molecule has 1 N–H and O–H groups in total. The summed E-state index contributed by atoms with van der Waals surface area (Å²) in [6.45, 7) is 0.129. The minimum atomic E-state index is -4.06. The number of nitrogens with one attached hydrogen (secondary N) is 1. The predicted molar refractivity (Wildman–Crippen MR) is 125 cm³/mol. The molecule has 1 aliphatic rings. The number of amides is 1. The summed E-state index contributed by atoms with van der Waals surface area (Å²) in [7, 11) is -4.85. The first-order chi connectivity index (χ1) is 15.5. The highest BCUT2D eigenvalue weighted by atomic mass is 35.5. The molecule has 14 heteroatoms. The number of aromatic nitrogens is 2. The molecule has 4 rings (SSSR count). The molecule has 3 aromatic rings. The number of carbonyl (C=O) groups is 1. The lowest BCUT2D eigenvalue weighted by Crippen LogP contribution is -2.29. The van der Waals surface area contributed by atoms with Gasteiger partial charge in [-0.2, -0.15) is 8.42 Å². The van der Waals surface area contributed by atoms with E-state index in [1.54, 1.807) is 18.2 Å². The standard InChI is InChI=1S/C19H18ClN5O5S3/c1-24(2)32(27,28)13-7-8-16-12(11-13)9-10-25(16)33(29,30)19-23-22-18(31-19)21-17(26)14-5-3-4-6-15(14)20/h3-8,11H,9-10H2,1-2H3,(H,21,22,26). The van der Waals surface area contributed by atoms with E-state index in [2.05, 4.69) is 15.5 Å². The van der Waals surface area contributed by atoms with Crippen LogP contribution in [0.3, 0.4) is 0 Å². The van der Waals surface area contributed by atoms with E-state index < -0.39 is 26.0 Å². The lowest BCUT2D eigenvalue weighted by molar-refractivity contribution is 0.102. The minimum absolute atomic E-state index is 0.00494. The van der Waals surface area contributed by atoms with Gasteiger partial charge in [-0.05, 0) is 42.3 Å². The topological polar surface area (TPSA) is 130 Å². The van der Waals surface area contributed by atoms with Crippen LogP contribution in [0.25, 0.3) is 0 Å². The van der Waals surface area contributed by atoms with E-state index in [-0.39, 0.29) is 31.5 Å². The fourth-order valence-corrected chi connectivity index (χ4v) is 6.91. The van der Waals surface area contributed by atoms with Crippen molar-refractivity contribution >= 4 is 59.7 Å². The number of nitrogens with zero attached hydrogens (tertiary/aromatic N) is 4. The van der Waals surface area contributed by atoms with Crippen LogP contribution in [-0.2, 0) is 26.5 Å². The van der Waals surface area contributed by atoms with Gasteiger partial charge in [0.1, 0.15) is 0 Å². The summed E-state index contributed by atoms with van der Waals surface area (Å²) in [5.74, 6) is -0.540.